The van der Waals surface area contributed by atoms with Crippen LogP contribution in [0.15, 0.2) is 130 Å². The Morgan fingerprint density at radius 2 is 0.911 bits per heavy atom. The number of carbonyl (C=O) groups is 2. The van der Waals surface area contributed by atoms with Crippen LogP contribution < -0.4 is 24.8 Å². The van der Waals surface area contributed by atoms with Crippen molar-refractivity contribution in [3.8, 4) is 23.0 Å². The van der Waals surface area contributed by atoms with E-state index in [0.29, 0.717) is 34.4 Å². The first-order valence-electron chi connectivity index (χ1n) is 14.0. The van der Waals surface area contributed by atoms with Gasteiger partial charge in [-0.25, -0.2) is 0 Å². The van der Waals surface area contributed by atoms with Gasteiger partial charge in [-0.2, -0.15) is 0 Å². The van der Waals surface area contributed by atoms with E-state index in [0.717, 1.165) is 30.5 Å². The Bertz CT molecular complexity index is 1850. The van der Waals surface area contributed by atoms with Gasteiger partial charge in [-0.3, -0.25) is 9.59 Å². The Kier molecular flexibility index (Phi) is 9.28. The number of benzene rings is 6. The summed E-state index contributed by atoms with van der Waals surface area (Å²) in [4.78, 5) is 25.0. The summed E-state index contributed by atoms with van der Waals surface area (Å²) < 4.78 is 19.0. The van der Waals surface area contributed by atoms with Crippen molar-refractivity contribution in [3.63, 3.8) is 0 Å². The van der Waals surface area contributed by atoms with Gasteiger partial charge in [0.1, 0.15) is 23.0 Å². The maximum Gasteiger partial charge on any atom is 0.262 e. The number of anilines is 2. The molecular formula is C36H26Br2N2O5. The van der Waals surface area contributed by atoms with Crippen molar-refractivity contribution in [1.29, 1.82) is 0 Å². The molecule has 0 heterocycles. The number of rotatable bonds is 10. The number of hydrogen-bond donors (Lipinski definition) is 2. The van der Waals surface area contributed by atoms with Crippen LogP contribution in [0.25, 0.3) is 21.5 Å². The quantitative estimate of drug-likeness (QED) is 0.147. The van der Waals surface area contributed by atoms with E-state index in [1.807, 2.05) is 72.8 Å². The fraction of sp³-hybridized carbons (Fsp3) is 0.0556. The van der Waals surface area contributed by atoms with E-state index < -0.39 is 0 Å². The predicted molar refractivity (Wildman–Crippen MR) is 185 cm³/mol. The Morgan fingerprint density at radius 1 is 0.511 bits per heavy atom. The van der Waals surface area contributed by atoms with E-state index in [9.17, 15) is 9.59 Å². The second-order valence-electron chi connectivity index (χ2n) is 10.0. The molecule has 0 atom stereocenters. The van der Waals surface area contributed by atoms with Crippen molar-refractivity contribution in [2.75, 3.05) is 23.8 Å². The molecule has 0 aromatic heterocycles. The van der Waals surface area contributed by atoms with Gasteiger partial charge in [0.15, 0.2) is 13.2 Å². The fourth-order valence-corrected chi connectivity index (χ4v) is 5.89. The average Bonchev–Trinajstić information content (AvgIpc) is 3.06. The van der Waals surface area contributed by atoms with Gasteiger partial charge in [0, 0.05) is 11.4 Å². The maximum atomic E-state index is 12.5. The molecule has 2 amide bonds. The average molecular weight is 726 g/mol. The molecule has 2 N–H and O–H groups in total. The molecule has 45 heavy (non-hydrogen) atoms. The van der Waals surface area contributed by atoms with Gasteiger partial charge < -0.3 is 24.8 Å². The molecule has 6 aromatic rings. The summed E-state index contributed by atoms with van der Waals surface area (Å²) in [6.07, 6.45) is 0. The minimum Gasteiger partial charge on any atom is -0.483 e. The lowest BCUT2D eigenvalue weighted by atomic mass is 10.1. The maximum absolute atomic E-state index is 12.5. The number of amides is 2. The zero-order chi connectivity index (χ0) is 31.2. The van der Waals surface area contributed by atoms with Crippen molar-refractivity contribution in [3.05, 3.63) is 130 Å². The summed E-state index contributed by atoms with van der Waals surface area (Å²) in [7, 11) is 0. The highest BCUT2D eigenvalue weighted by Gasteiger charge is 2.11. The summed E-state index contributed by atoms with van der Waals surface area (Å²) in [5.41, 5.74) is 1.23. The molecule has 0 fully saturated rings. The van der Waals surface area contributed by atoms with Crippen LogP contribution in [-0.4, -0.2) is 25.0 Å². The molecule has 7 nitrogen and oxygen atoms in total. The molecule has 0 radical (unpaired) electrons. The number of nitrogens with one attached hydrogen (secondary N) is 2. The Morgan fingerprint density at radius 3 is 1.33 bits per heavy atom. The van der Waals surface area contributed by atoms with E-state index >= 15 is 0 Å². The van der Waals surface area contributed by atoms with Gasteiger partial charge >= 0.3 is 0 Å². The number of ether oxygens (including phenoxy) is 3. The van der Waals surface area contributed by atoms with Crippen molar-refractivity contribution in [2.45, 2.75) is 0 Å². The van der Waals surface area contributed by atoms with Crippen LogP contribution in [0.4, 0.5) is 11.4 Å². The normalized spacial score (nSPS) is 10.8. The summed E-state index contributed by atoms with van der Waals surface area (Å²) >= 11 is 7.15. The molecule has 0 aliphatic carbocycles. The third-order valence-corrected chi connectivity index (χ3v) is 8.52. The largest absolute Gasteiger partial charge is 0.483 e. The SMILES string of the molecule is O=C(COc1ccc2ccccc2c1Br)Nc1ccc(Oc2ccc(NC(=O)COc3ccc4ccccc4c3Br)cc2)cc1. The predicted octanol–water partition coefficient (Wildman–Crippen LogP) is 9.35. The number of hydrogen-bond acceptors (Lipinski definition) is 5. The Balaban J connectivity index is 0.965. The van der Waals surface area contributed by atoms with E-state index in [-0.39, 0.29) is 25.0 Å². The second-order valence-corrected chi connectivity index (χ2v) is 11.6. The summed E-state index contributed by atoms with van der Waals surface area (Å²) in [5, 5.41) is 9.85. The lowest BCUT2D eigenvalue weighted by molar-refractivity contribution is -0.118. The number of fused-ring (bicyclic) bond motifs is 2. The monoisotopic (exact) mass is 724 g/mol. The lowest BCUT2D eigenvalue weighted by Crippen LogP contribution is -2.20. The first-order valence-corrected chi connectivity index (χ1v) is 15.6. The molecule has 9 heteroatoms. The number of carbonyl (C=O) groups excluding carboxylic acids is 2. The van der Waals surface area contributed by atoms with Gasteiger partial charge in [0.05, 0.1) is 8.95 Å². The Hall–Kier alpha value is -4.86. The minimum atomic E-state index is -0.281. The first-order chi connectivity index (χ1) is 21.9. The summed E-state index contributed by atoms with van der Waals surface area (Å²) in [5.74, 6) is 1.82. The van der Waals surface area contributed by atoms with E-state index in [1.165, 1.54) is 0 Å². The number of halogens is 2. The Labute approximate surface area is 276 Å². The van der Waals surface area contributed by atoms with Crippen molar-refractivity contribution in [2.24, 2.45) is 0 Å². The van der Waals surface area contributed by atoms with Gasteiger partial charge in [-0.15, -0.1) is 0 Å². The molecule has 224 valence electrons. The third kappa shape index (κ3) is 7.45. The third-order valence-electron chi connectivity index (χ3n) is 6.89. The highest BCUT2D eigenvalue weighted by atomic mass is 79.9. The molecule has 0 bridgehead atoms. The molecular weight excluding hydrogens is 700 g/mol. The zero-order valence-corrected chi connectivity index (χ0v) is 26.9. The summed E-state index contributed by atoms with van der Waals surface area (Å²) in [6, 6.07) is 37.5. The van der Waals surface area contributed by atoms with Crippen molar-refractivity contribution in [1.82, 2.24) is 0 Å². The van der Waals surface area contributed by atoms with Crippen LogP contribution in [0.2, 0.25) is 0 Å². The van der Waals surface area contributed by atoms with Crippen LogP contribution in [0.3, 0.4) is 0 Å². The van der Waals surface area contributed by atoms with Crippen LogP contribution in [0.1, 0.15) is 0 Å². The minimum absolute atomic E-state index is 0.134. The van der Waals surface area contributed by atoms with Crippen LogP contribution in [0.5, 0.6) is 23.0 Å². The van der Waals surface area contributed by atoms with Gasteiger partial charge in [-0.05, 0) is 114 Å². The molecule has 0 aliphatic heterocycles. The van der Waals surface area contributed by atoms with Crippen LogP contribution in [-0.2, 0) is 9.59 Å². The van der Waals surface area contributed by atoms with E-state index in [1.54, 1.807) is 48.5 Å². The molecule has 0 spiro atoms. The standard InChI is InChI=1S/C36H26Br2N2O5/c37-35-29-7-3-1-5-23(29)9-19-31(35)43-21-33(41)39-25-11-15-27(16-12-25)45-28-17-13-26(14-18-28)40-34(42)22-44-32-20-10-24-6-2-4-8-30(24)36(32)38/h1-20H,21-22H2,(H,39,41)(H,40,42). The smallest absolute Gasteiger partial charge is 0.262 e. The van der Waals surface area contributed by atoms with Gasteiger partial charge in [0.25, 0.3) is 11.8 Å². The highest BCUT2D eigenvalue weighted by molar-refractivity contribution is 9.11. The zero-order valence-electron chi connectivity index (χ0n) is 23.8. The van der Waals surface area contributed by atoms with Crippen molar-refractivity contribution >= 4 is 76.6 Å². The van der Waals surface area contributed by atoms with Crippen LogP contribution >= 0.6 is 31.9 Å². The van der Waals surface area contributed by atoms with Crippen molar-refractivity contribution < 1.29 is 23.8 Å². The molecule has 0 unspecified atom stereocenters. The van der Waals surface area contributed by atoms with Gasteiger partial charge in [-0.1, -0.05) is 60.7 Å². The lowest BCUT2D eigenvalue weighted by Gasteiger charge is -2.12. The topological polar surface area (TPSA) is 85.9 Å². The fourth-order valence-electron chi connectivity index (χ4n) is 4.68. The molecule has 6 aromatic carbocycles. The second kappa shape index (κ2) is 13.8. The highest BCUT2D eigenvalue weighted by Crippen LogP contribution is 2.34. The molecule has 0 saturated carbocycles. The van der Waals surface area contributed by atoms with E-state index in [4.69, 9.17) is 14.2 Å². The molecule has 0 saturated heterocycles. The molecule has 0 aliphatic rings. The molecule has 6 rings (SSSR count). The van der Waals surface area contributed by atoms with Gasteiger partial charge in [0.2, 0.25) is 0 Å². The summed E-state index contributed by atoms with van der Waals surface area (Å²) in [6.45, 7) is -0.267. The first kappa shape index (κ1) is 30.2. The van der Waals surface area contributed by atoms with Crippen LogP contribution in [0, 0.1) is 0 Å². The van der Waals surface area contributed by atoms with E-state index in [2.05, 4.69) is 42.5 Å².